The van der Waals surface area contributed by atoms with Crippen molar-refractivity contribution >= 4 is 22.8 Å². The summed E-state index contributed by atoms with van der Waals surface area (Å²) >= 11 is 6.20. The molecule has 5 aromatic carbocycles. The molecule has 1 N–H and O–H groups in total. The second-order valence-corrected chi connectivity index (χ2v) is 10.1. The largest absolute Gasteiger partial charge is 0.359 e. The van der Waals surface area contributed by atoms with Crippen molar-refractivity contribution in [2.24, 2.45) is 0 Å². The molecule has 0 bridgehead atoms. The minimum atomic E-state index is 0.804. The van der Waals surface area contributed by atoms with Crippen LogP contribution in [-0.2, 0) is 0 Å². The van der Waals surface area contributed by atoms with E-state index in [-0.39, 0.29) is 0 Å². The SMILES string of the molecule is CC(=CC(=S)c1c(-c2ccccc2)cc(-c2ccccc2)cc1-c1ccccc1)Nc1c(C)cccc1C. The minimum Gasteiger partial charge on any atom is -0.359 e. The van der Waals surface area contributed by atoms with Crippen molar-refractivity contribution in [3.05, 3.63) is 150 Å². The minimum absolute atomic E-state index is 0.804. The Balaban J connectivity index is 1.70. The molecular weight excluding hydrogens is 478 g/mol. The zero-order valence-electron chi connectivity index (χ0n) is 22.0. The van der Waals surface area contributed by atoms with Gasteiger partial charge in [0.15, 0.2) is 0 Å². The number of benzene rings is 5. The van der Waals surface area contributed by atoms with Crippen LogP contribution in [0.5, 0.6) is 0 Å². The predicted octanol–water partition coefficient (Wildman–Crippen LogP) is 10.0. The molecule has 0 aliphatic rings. The van der Waals surface area contributed by atoms with E-state index in [2.05, 4.69) is 153 Å². The number of anilines is 1. The van der Waals surface area contributed by atoms with E-state index in [1.54, 1.807) is 0 Å². The second-order valence-electron chi connectivity index (χ2n) is 9.63. The summed E-state index contributed by atoms with van der Waals surface area (Å²) in [5.41, 5.74) is 12.6. The van der Waals surface area contributed by atoms with E-state index >= 15 is 0 Å². The summed E-state index contributed by atoms with van der Waals surface area (Å²) in [6, 6.07) is 42.6. The Labute approximate surface area is 231 Å². The van der Waals surface area contributed by atoms with Gasteiger partial charge < -0.3 is 5.32 Å². The van der Waals surface area contributed by atoms with E-state index in [9.17, 15) is 0 Å². The van der Waals surface area contributed by atoms with Crippen molar-refractivity contribution in [2.45, 2.75) is 20.8 Å². The van der Waals surface area contributed by atoms with Crippen LogP contribution in [0.1, 0.15) is 23.6 Å². The van der Waals surface area contributed by atoms with Crippen LogP contribution in [0.2, 0.25) is 0 Å². The molecule has 0 aliphatic carbocycles. The van der Waals surface area contributed by atoms with Gasteiger partial charge in [0.2, 0.25) is 0 Å². The molecule has 0 heterocycles. The van der Waals surface area contributed by atoms with Crippen LogP contribution in [-0.4, -0.2) is 4.86 Å². The summed E-state index contributed by atoms with van der Waals surface area (Å²) in [6.07, 6.45) is 2.09. The molecule has 0 saturated heterocycles. The number of allylic oxidation sites excluding steroid dienone is 2. The number of aryl methyl sites for hydroxylation is 2. The normalized spacial score (nSPS) is 11.3. The van der Waals surface area contributed by atoms with Gasteiger partial charge in [0.05, 0.1) is 0 Å². The van der Waals surface area contributed by atoms with E-state index in [0.717, 1.165) is 44.1 Å². The van der Waals surface area contributed by atoms with E-state index in [1.165, 1.54) is 22.3 Å². The number of hydrogen-bond acceptors (Lipinski definition) is 2. The van der Waals surface area contributed by atoms with Crippen LogP contribution in [0.25, 0.3) is 33.4 Å². The summed E-state index contributed by atoms with van der Waals surface area (Å²) in [4.78, 5) is 0.804. The van der Waals surface area contributed by atoms with Crippen LogP contribution in [0.3, 0.4) is 0 Å². The highest BCUT2D eigenvalue weighted by atomic mass is 32.1. The van der Waals surface area contributed by atoms with E-state index in [0.29, 0.717) is 0 Å². The molecule has 0 radical (unpaired) electrons. The van der Waals surface area contributed by atoms with Crippen LogP contribution >= 0.6 is 12.2 Å². The van der Waals surface area contributed by atoms with Gasteiger partial charge in [-0.3, -0.25) is 0 Å². The van der Waals surface area contributed by atoms with Gasteiger partial charge >= 0.3 is 0 Å². The van der Waals surface area contributed by atoms with Crippen LogP contribution in [0, 0.1) is 13.8 Å². The maximum atomic E-state index is 6.20. The molecule has 5 aromatic rings. The third kappa shape index (κ3) is 5.51. The first-order valence-electron chi connectivity index (χ1n) is 12.9. The molecule has 1 nitrogen and oxygen atoms in total. The van der Waals surface area contributed by atoms with E-state index in [1.807, 2.05) is 0 Å². The highest BCUT2D eigenvalue weighted by Crippen LogP contribution is 2.38. The Hall–Kier alpha value is -4.27. The highest BCUT2D eigenvalue weighted by Gasteiger charge is 2.18. The van der Waals surface area contributed by atoms with Crippen molar-refractivity contribution < 1.29 is 0 Å². The summed E-state index contributed by atoms with van der Waals surface area (Å²) < 4.78 is 0. The van der Waals surface area contributed by atoms with Gasteiger partial charge in [-0.15, -0.1) is 0 Å². The van der Waals surface area contributed by atoms with Crippen molar-refractivity contribution in [1.29, 1.82) is 0 Å². The van der Waals surface area contributed by atoms with E-state index in [4.69, 9.17) is 12.2 Å². The molecule has 0 unspecified atom stereocenters. The smallest absolute Gasteiger partial charge is 0.0479 e. The molecule has 5 rings (SSSR count). The molecule has 0 aliphatic heterocycles. The fourth-order valence-corrected chi connectivity index (χ4v) is 5.31. The third-order valence-electron chi connectivity index (χ3n) is 6.81. The van der Waals surface area contributed by atoms with Crippen LogP contribution < -0.4 is 5.32 Å². The van der Waals surface area contributed by atoms with Gasteiger partial charge in [0.25, 0.3) is 0 Å². The van der Waals surface area contributed by atoms with Crippen molar-refractivity contribution in [3.8, 4) is 33.4 Å². The Morgan fingerprint density at radius 1 is 0.579 bits per heavy atom. The Kier molecular flexibility index (Phi) is 7.62. The molecule has 38 heavy (non-hydrogen) atoms. The van der Waals surface area contributed by atoms with Gasteiger partial charge in [0.1, 0.15) is 0 Å². The van der Waals surface area contributed by atoms with Crippen LogP contribution in [0.4, 0.5) is 5.69 Å². The lowest BCUT2D eigenvalue weighted by Gasteiger charge is -2.19. The summed E-state index contributed by atoms with van der Waals surface area (Å²) in [5, 5.41) is 3.61. The van der Waals surface area contributed by atoms with E-state index < -0.39 is 0 Å². The molecule has 0 fully saturated rings. The van der Waals surface area contributed by atoms with Crippen LogP contribution in [0.15, 0.2) is 133 Å². The molecule has 0 amide bonds. The number of nitrogens with one attached hydrogen (secondary N) is 1. The Morgan fingerprint density at radius 2 is 1.03 bits per heavy atom. The first-order chi connectivity index (χ1) is 18.5. The standard InChI is InChI=1S/C36H31NS/c1-25-14-13-15-26(2)36(25)37-27(3)22-34(38)35-32(29-18-9-5-10-19-29)23-31(28-16-7-4-8-17-28)24-33(35)30-20-11-6-12-21-30/h4-24,37H,1-3H3. The Bertz CT molecular complexity index is 1520. The molecular formula is C36H31NS. The molecule has 2 heteroatoms. The zero-order chi connectivity index (χ0) is 26.5. The average molecular weight is 510 g/mol. The number of para-hydroxylation sites is 1. The van der Waals surface area contributed by atoms with Gasteiger partial charge in [-0.2, -0.15) is 0 Å². The predicted molar refractivity (Wildman–Crippen MR) is 168 cm³/mol. The topological polar surface area (TPSA) is 12.0 Å². The first kappa shape index (κ1) is 25.4. The van der Waals surface area contributed by atoms with Crippen molar-refractivity contribution in [3.63, 3.8) is 0 Å². The maximum absolute atomic E-state index is 6.20. The first-order valence-corrected chi connectivity index (χ1v) is 13.3. The lowest BCUT2D eigenvalue weighted by molar-refractivity contribution is 1.30. The third-order valence-corrected chi connectivity index (χ3v) is 7.13. The fraction of sp³-hybridized carbons (Fsp3) is 0.0833. The molecule has 0 atom stereocenters. The summed E-state index contributed by atoms with van der Waals surface area (Å²) in [6.45, 7) is 6.34. The van der Waals surface area contributed by atoms with Gasteiger partial charge in [-0.05, 0) is 83.5 Å². The van der Waals surface area contributed by atoms with Gasteiger partial charge in [0, 0.05) is 21.8 Å². The molecule has 0 spiro atoms. The molecule has 186 valence electrons. The maximum Gasteiger partial charge on any atom is 0.0479 e. The summed E-state index contributed by atoms with van der Waals surface area (Å²) in [7, 11) is 0. The fourth-order valence-electron chi connectivity index (χ4n) is 4.91. The number of rotatable bonds is 7. The summed E-state index contributed by atoms with van der Waals surface area (Å²) in [5.74, 6) is 0. The number of thiocarbonyl (C=S) groups is 1. The van der Waals surface area contributed by atoms with Crippen molar-refractivity contribution in [2.75, 3.05) is 5.32 Å². The lowest BCUT2D eigenvalue weighted by Crippen LogP contribution is -2.06. The monoisotopic (exact) mass is 509 g/mol. The zero-order valence-corrected chi connectivity index (χ0v) is 22.8. The quantitative estimate of drug-likeness (QED) is 0.133. The average Bonchev–Trinajstić information content (AvgIpc) is 2.96. The molecule has 0 aromatic heterocycles. The highest BCUT2D eigenvalue weighted by molar-refractivity contribution is 7.81. The van der Waals surface area contributed by atoms with Crippen molar-refractivity contribution in [1.82, 2.24) is 0 Å². The van der Waals surface area contributed by atoms with Gasteiger partial charge in [-0.1, -0.05) is 121 Å². The lowest BCUT2D eigenvalue weighted by atomic mass is 9.86. The Morgan fingerprint density at radius 3 is 1.50 bits per heavy atom. The second kappa shape index (κ2) is 11.4. The number of hydrogen-bond donors (Lipinski definition) is 1. The van der Waals surface area contributed by atoms with Gasteiger partial charge in [-0.25, -0.2) is 0 Å². The molecule has 0 saturated carbocycles.